The largest absolute Gasteiger partial charge is 0.371 e. The van der Waals surface area contributed by atoms with Crippen molar-refractivity contribution in [1.29, 1.82) is 0 Å². The van der Waals surface area contributed by atoms with Crippen LogP contribution in [0.5, 0.6) is 0 Å². The molecule has 0 bridgehead atoms. The molecule has 3 unspecified atom stereocenters. The zero-order chi connectivity index (χ0) is 12.3. The average molecular weight is 252 g/mol. The van der Waals surface area contributed by atoms with Crippen molar-refractivity contribution in [3.63, 3.8) is 0 Å². The predicted molar refractivity (Wildman–Crippen MR) is 64.6 cm³/mol. The van der Waals surface area contributed by atoms with Gasteiger partial charge in [0.1, 0.15) is 5.72 Å². The van der Waals surface area contributed by atoms with E-state index in [1.165, 1.54) is 0 Å². The van der Waals surface area contributed by atoms with Crippen LogP contribution >= 0.6 is 11.6 Å². The maximum absolute atomic E-state index is 12.1. The monoisotopic (exact) mass is 251 g/mol. The van der Waals surface area contributed by atoms with Gasteiger partial charge in [0.25, 0.3) is 0 Å². The van der Waals surface area contributed by atoms with Gasteiger partial charge in [-0.25, -0.2) is 0 Å². The van der Waals surface area contributed by atoms with Crippen LogP contribution in [0.15, 0.2) is 24.3 Å². The van der Waals surface area contributed by atoms with Gasteiger partial charge in [-0.3, -0.25) is 4.79 Å². The van der Waals surface area contributed by atoms with Crippen LogP contribution < -0.4 is 5.32 Å². The molecule has 1 heterocycles. The Bertz CT molecular complexity index is 487. The maximum Gasteiger partial charge on any atom is 0.233 e. The Labute approximate surface area is 105 Å². The molecule has 1 amide bonds. The Kier molecular flexibility index (Phi) is 2.11. The minimum Gasteiger partial charge on any atom is -0.371 e. The first-order valence-electron chi connectivity index (χ1n) is 5.84. The van der Waals surface area contributed by atoms with Crippen LogP contribution in [-0.4, -0.2) is 16.7 Å². The van der Waals surface area contributed by atoms with E-state index in [0.717, 1.165) is 12.0 Å². The Hall–Kier alpha value is -1.06. The number of piperidine rings is 1. The first-order chi connectivity index (χ1) is 8.03. The first-order valence-corrected chi connectivity index (χ1v) is 6.22. The van der Waals surface area contributed by atoms with Crippen LogP contribution in [0.2, 0.25) is 5.02 Å². The van der Waals surface area contributed by atoms with E-state index in [1.54, 1.807) is 12.1 Å². The number of carbonyl (C=O) groups excluding carboxylic acids is 1. The highest BCUT2D eigenvalue weighted by atomic mass is 35.5. The normalized spacial score (nSPS) is 38.8. The van der Waals surface area contributed by atoms with Crippen molar-refractivity contribution in [2.45, 2.75) is 30.9 Å². The number of carbonyl (C=O) groups is 1. The lowest BCUT2D eigenvalue weighted by atomic mass is 9.92. The van der Waals surface area contributed by atoms with Crippen molar-refractivity contribution in [1.82, 2.24) is 5.32 Å². The molecule has 2 fully saturated rings. The van der Waals surface area contributed by atoms with Crippen molar-refractivity contribution in [3.05, 3.63) is 34.9 Å². The van der Waals surface area contributed by atoms with E-state index in [2.05, 4.69) is 5.32 Å². The van der Waals surface area contributed by atoms with Crippen molar-refractivity contribution < 1.29 is 9.90 Å². The molecule has 1 aliphatic carbocycles. The molecule has 1 aromatic rings. The van der Waals surface area contributed by atoms with Gasteiger partial charge in [-0.05, 0) is 30.5 Å². The Morgan fingerprint density at radius 2 is 2.12 bits per heavy atom. The van der Waals surface area contributed by atoms with Gasteiger partial charge in [-0.2, -0.15) is 0 Å². The Balaban J connectivity index is 2.01. The smallest absolute Gasteiger partial charge is 0.233 e. The molecule has 3 atom stereocenters. The number of hydrogen-bond donors (Lipinski definition) is 2. The molecule has 3 rings (SSSR count). The standard InChI is InChI=1S/C13H14ClNO2/c1-2-13(17)10-7-12(10,11(16)15-13)8-3-5-9(14)6-4-8/h3-6,10,17H,2,7H2,1H3,(H,15,16). The van der Waals surface area contributed by atoms with Crippen LogP contribution in [0.4, 0.5) is 0 Å². The summed E-state index contributed by atoms with van der Waals surface area (Å²) in [6, 6.07) is 7.34. The third kappa shape index (κ3) is 1.30. The summed E-state index contributed by atoms with van der Waals surface area (Å²) < 4.78 is 0. The number of hydrogen-bond acceptors (Lipinski definition) is 2. The van der Waals surface area contributed by atoms with E-state index in [-0.39, 0.29) is 11.8 Å². The van der Waals surface area contributed by atoms with E-state index in [1.807, 2.05) is 19.1 Å². The van der Waals surface area contributed by atoms with Crippen LogP contribution in [0.25, 0.3) is 0 Å². The molecule has 1 saturated carbocycles. The lowest BCUT2D eigenvalue weighted by Gasteiger charge is -2.22. The molecule has 1 aliphatic heterocycles. The second kappa shape index (κ2) is 3.24. The third-order valence-corrected chi connectivity index (χ3v) is 4.42. The summed E-state index contributed by atoms with van der Waals surface area (Å²) in [5.41, 5.74) is -0.597. The average Bonchev–Trinajstić information content (AvgIpc) is 3.02. The number of amides is 1. The van der Waals surface area contributed by atoms with E-state index < -0.39 is 11.1 Å². The summed E-state index contributed by atoms with van der Waals surface area (Å²) in [5, 5.41) is 13.7. The summed E-state index contributed by atoms with van der Waals surface area (Å²) >= 11 is 5.85. The number of benzene rings is 1. The molecule has 0 radical (unpaired) electrons. The topological polar surface area (TPSA) is 49.3 Å². The van der Waals surface area contributed by atoms with Crippen molar-refractivity contribution in [2.75, 3.05) is 0 Å². The van der Waals surface area contributed by atoms with E-state index in [4.69, 9.17) is 11.6 Å². The SMILES string of the molecule is CCC1(O)NC(=O)C2(c3ccc(Cl)cc3)CC12. The summed E-state index contributed by atoms with van der Waals surface area (Å²) in [7, 11) is 0. The second-order valence-electron chi connectivity index (χ2n) is 4.97. The van der Waals surface area contributed by atoms with Gasteiger partial charge in [0, 0.05) is 10.9 Å². The number of halogens is 1. The van der Waals surface area contributed by atoms with Crippen LogP contribution in [0, 0.1) is 5.92 Å². The van der Waals surface area contributed by atoms with E-state index in [9.17, 15) is 9.90 Å². The second-order valence-corrected chi connectivity index (χ2v) is 5.40. The molecular weight excluding hydrogens is 238 g/mol. The molecule has 2 N–H and O–H groups in total. The van der Waals surface area contributed by atoms with Gasteiger partial charge < -0.3 is 10.4 Å². The van der Waals surface area contributed by atoms with E-state index >= 15 is 0 Å². The molecular formula is C13H14ClNO2. The minimum atomic E-state index is -1.03. The fourth-order valence-electron chi connectivity index (χ4n) is 3.02. The fraction of sp³-hybridized carbons (Fsp3) is 0.462. The Morgan fingerprint density at radius 1 is 1.47 bits per heavy atom. The minimum absolute atomic E-state index is 0.00586. The third-order valence-electron chi connectivity index (χ3n) is 4.17. The first kappa shape index (κ1) is 11.1. The summed E-state index contributed by atoms with van der Waals surface area (Å²) in [5.74, 6) is -0.0668. The molecule has 1 saturated heterocycles. The van der Waals surface area contributed by atoms with Crippen LogP contribution in [0.1, 0.15) is 25.3 Å². The van der Waals surface area contributed by atoms with Crippen molar-refractivity contribution >= 4 is 17.5 Å². The summed E-state index contributed by atoms with van der Waals surface area (Å²) in [4.78, 5) is 12.1. The molecule has 17 heavy (non-hydrogen) atoms. The highest BCUT2D eigenvalue weighted by Gasteiger charge is 2.73. The Morgan fingerprint density at radius 3 is 2.59 bits per heavy atom. The zero-order valence-corrected chi connectivity index (χ0v) is 10.3. The molecule has 1 aromatic carbocycles. The van der Waals surface area contributed by atoms with Gasteiger partial charge >= 0.3 is 0 Å². The quantitative estimate of drug-likeness (QED) is 0.843. The fourth-order valence-corrected chi connectivity index (χ4v) is 3.14. The summed E-state index contributed by atoms with van der Waals surface area (Å²) in [6.45, 7) is 1.89. The molecule has 2 aliphatic rings. The number of fused-ring (bicyclic) bond motifs is 1. The molecule has 4 heteroatoms. The van der Waals surface area contributed by atoms with Crippen LogP contribution in [0.3, 0.4) is 0 Å². The zero-order valence-electron chi connectivity index (χ0n) is 9.53. The lowest BCUT2D eigenvalue weighted by Crippen LogP contribution is -2.45. The number of nitrogens with one attached hydrogen (secondary N) is 1. The highest BCUT2D eigenvalue weighted by molar-refractivity contribution is 6.30. The predicted octanol–water partition coefficient (Wildman–Crippen LogP) is 1.83. The molecule has 0 spiro atoms. The van der Waals surface area contributed by atoms with Gasteiger partial charge in [0.15, 0.2) is 0 Å². The number of rotatable bonds is 2. The van der Waals surface area contributed by atoms with Crippen molar-refractivity contribution in [3.8, 4) is 0 Å². The van der Waals surface area contributed by atoms with Gasteiger partial charge in [0.05, 0.1) is 5.41 Å². The maximum atomic E-state index is 12.1. The molecule has 3 nitrogen and oxygen atoms in total. The van der Waals surface area contributed by atoms with E-state index in [0.29, 0.717) is 11.4 Å². The van der Waals surface area contributed by atoms with Crippen LogP contribution in [-0.2, 0) is 10.2 Å². The highest BCUT2D eigenvalue weighted by Crippen LogP contribution is 2.63. The van der Waals surface area contributed by atoms with Gasteiger partial charge in [0.2, 0.25) is 5.91 Å². The summed E-state index contributed by atoms with van der Waals surface area (Å²) in [6.07, 6.45) is 1.27. The van der Waals surface area contributed by atoms with Crippen molar-refractivity contribution in [2.24, 2.45) is 5.92 Å². The van der Waals surface area contributed by atoms with Gasteiger partial charge in [-0.1, -0.05) is 30.7 Å². The van der Waals surface area contributed by atoms with Gasteiger partial charge in [-0.15, -0.1) is 0 Å². The number of aliphatic hydroxyl groups is 1. The molecule has 0 aromatic heterocycles. The lowest BCUT2D eigenvalue weighted by molar-refractivity contribution is -0.126. The molecule has 90 valence electrons.